The molecule has 64 heavy (non-hydrogen) atoms. The summed E-state index contributed by atoms with van der Waals surface area (Å²) in [5.74, 6) is 0. The van der Waals surface area contributed by atoms with Crippen molar-refractivity contribution < 1.29 is 79.0 Å². The predicted molar refractivity (Wildman–Crippen MR) is 195 cm³/mol. The van der Waals surface area contributed by atoms with E-state index in [1.54, 1.807) is 0 Å². The Morgan fingerprint density at radius 1 is 0.359 bits per heavy atom. The number of hydrogen-bond acceptors (Lipinski definition) is 1. The molecule has 0 fully saturated rings. The SMILES string of the molecule is N#Cc1cc(-n2c3ccc(C(F)(F)F)cc3c3cc(C(F)(F)F)ccc32)c(-n2c3ccc(C(F)(F)F)cc3c3cc(C(F)(F)F)ccc32)cc1-c1c(C(F)(F)F)cccc1C(F)(F)F. The first-order valence-corrected chi connectivity index (χ1v) is 17.8. The van der Waals surface area contributed by atoms with Gasteiger partial charge in [-0.1, -0.05) is 6.07 Å². The molecule has 0 unspecified atom stereocenters. The van der Waals surface area contributed by atoms with Crippen molar-refractivity contribution in [2.45, 2.75) is 37.1 Å². The second kappa shape index (κ2) is 14.1. The first-order valence-electron chi connectivity index (χ1n) is 17.8. The second-order valence-electron chi connectivity index (χ2n) is 14.3. The van der Waals surface area contributed by atoms with Crippen LogP contribution in [0.2, 0.25) is 0 Å². The topological polar surface area (TPSA) is 33.6 Å². The maximum atomic E-state index is 14.7. The molecule has 0 saturated carbocycles. The van der Waals surface area contributed by atoms with Crippen LogP contribution in [0.3, 0.4) is 0 Å². The third kappa shape index (κ3) is 7.27. The zero-order chi connectivity index (χ0) is 46.9. The predicted octanol–water partition coefficient (Wildman–Crippen LogP) is 15.5. The summed E-state index contributed by atoms with van der Waals surface area (Å²) < 4.78 is 259. The van der Waals surface area contributed by atoms with E-state index in [4.69, 9.17) is 0 Å². The van der Waals surface area contributed by atoms with E-state index in [0.717, 1.165) is 33.4 Å². The van der Waals surface area contributed by atoms with Gasteiger partial charge in [0.2, 0.25) is 0 Å². The van der Waals surface area contributed by atoms with E-state index in [-0.39, 0.29) is 12.1 Å². The van der Waals surface area contributed by atoms with Crippen LogP contribution >= 0.6 is 0 Å². The molecule has 0 aliphatic heterocycles. The first kappa shape index (κ1) is 43.8. The maximum Gasteiger partial charge on any atom is 0.417 e. The Morgan fingerprint density at radius 2 is 0.656 bits per heavy atom. The summed E-state index contributed by atoms with van der Waals surface area (Å²) in [6.45, 7) is 0. The van der Waals surface area contributed by atoms with E-state index in [1.807, 2.05) is 0 Å². The van der Waals surface area contributed by atoms with Crippen molar-refractivity contribution in [3.8, 4) is 28.6 Å². The second-order valence-corrected chi connectivity index (χ2v) is 14.3. The molecule has 0 atom stereocenters. The van der Waals surface area contributed by atoms with E-state index in [2.05, 4.69) is 0 Å². The van der Waals surface area contributed by atoms with E-state index >= 15 is 0 Å². The van der Waals surface area contributed by atoms with Crippen molar-refractivity contribution in [2.75, 3.05) is 0 Å². The van der Waals surface area contributed by atoms with Crippen molar-refractivity contribution in [3.05, 3.63) is 142 Å². The van der Waals surface area contributed by atoms with Crippen LogP contribution < -0.4 is 0 Å². The van der Waals surface area contributed by atoms with Gasteiger partial charge in [0, 0.05) is 32.7 Å². The van der Waals surface area contributed by atoms with Crippen LogP contribution in [0.5, 0.6) is 0 Å². The minimum absolute atomic E-state index is 0.251. The summed E-state index contributed by atoms with van der Waals surface area (Å²) >= 11 is 0. The normalized spacial score (nSPS) is 13.5. The van der Waals surface area contributed by atoms with Crippen LogP contribution in [0.1, 0.15) is 38.9 Å². The number of fused-ring (bicyclic) bond motifs is 6. The Hall–Kier alpha value is -6.85. The Balaban J connectivity index is 1.63. The van der Waals surface area contributed by atoms with Gasteiger partial charge in [0.05, 0.1) is 78.5 Å². The number of aromatic nitrogens is 2. The molecule has 2 heterocycles. The molecule has 0 amide bonds. The molecule has 6 aromatic carbocycles. The number of hydrogen-bond donors (Lipinski definition) is 0. The smallest absolute Gasteiger partial charge is 0.307 e. The number of nitrogens with zero attached hydrogens (tertiary/aromatic N) is 3. The van der Waals surface area contributed by atoms with E-state index < -0.39 is 142 Å². The largest absolute Gasteiger partial charge is 0.417 e. The standard InChI is InChI=1S/C43H17F18N3/c44-38(45,46)20-4-8-31-25(13-20)26-14-21(39(47,48)49)5-9-32(26)63(31)35-12-19(18-62)24(37-29(42(56,57)58)2-1-3-30(37)43(59,60)61)17-36(35)64-33-10-6-22(40(50,51)52)15-27(33)28-16-23(41(53,54)55)7-11-34(28)64/h1-17H. The molecule has 330 valence electrons. The van der Waals surface area contributed by atoms with Gasteiger partial charge in [-0.2, -0.15) is 84.3 Å². The molecule has 0 bridgehead atoms. The molecular formula is C43H17F18N3. The highest BCUT2D eigenvalue weighted by atomic mass is 19.4. The summed E-state index contributed by atoms with van der Waals surface area (Å²) in [6, 6.07) is 10.3. The Kier molecular flexibility index (Phi) is 9.63. The monoisotopic (exact) mass is 917 g/mol. The van der Waals surface area contributed by atoms with Gasteiger partial charge >= 0.3 is 37.1 Å². The van der Waals surface area contributed by atoms with Crippen LogP contribution in [0.15, 0.2) is 103 Å². The van der Waals surface area contributed by atoms with Gasteiger partial charge in [-0.3, -0.25) is 0 Å². The van der Waals surface area contributed by atoms with Gasteiger partial charge in [-0.15, -0.1) is 0 Å². The van der Waals surface area contributed by atoms with Crippen molar-refractivity contribution in [1.29, 1.82) is 5.26 Å². The fourth-order valence-corrected chi connectivity index (χ4v) is 7.82. The molecule has 0 N–H and O–H groups in total. The molecule has 0 radical (unpaired) electrons. The van der Waals surface area contributed by atoms with Crippen LogP contribution in [0.4, 0.5) is 79.0 Å². The molecule has 2 aromatic heterocycles. The summed E-state index contributed by atoms with van der Waals surface area (Å²) in [7, 11) is 0. The first-order chi connectivity index (χ1) is 29.5. The van der Waals surface area contributed by atoms with Gasteiger partial charge in [0.15, 0.2) is 0 Å². The fraction of sp³-hybridized carbons (Fsp3) is 0.140. The van der Waals surface area contributed by atoms with Crippen LogP contribution in [0, 0.1) is 11.3 Å². The Morgan fingerprint density at radius 3 is 0.922 bits per heavy atom. The van der Waals surface area contributed by atoms with Gasteiger partial charge in [-0.05, 0) is 97.1 Å². The molecule has 0 saturated heterocycles. The van der Waals surface area contributed by atoms with Gasteiger partial charge in [-0.25, -0.2) is 0 Å². The van der Waals surface area contributed by atoms with Gasteiger partial charge in [0.25, 0.3) is 0 Å². The van der Waals surface area contributed by atoms with Crippen molar-refractivity contribution in [2.24, 2.45) is 0 Å². The van der Waals surface area contributed by atoms with Crippen molar-refractivity contribution in [1.82, 2.24) is 9.13 Å². The number of halogens is 18. The maximum absolute atomic E-state index is 14.7. The highest BCUT2D eigenvalue weighted by molar-refractivity contribution is 6.12. The van der Waals surface area contributed by atoms with Crippen LogP contribution in [0.25, 0.3) is 66.1 Å². The van der Waals surface area contributed by atoms with E-state index in [9.17, 15) is 84.3 Å². The van der Waals surface area contributed by atoms with E-state index in [1.165, 1.54) is 6.07 Å². The average Bonchev–Trinajstić information content (AvgIpc) is 3.69. The van der Waals surface area contributed by atoms with Crippen LogP contribution in [-0.4, -0.2) is 9.13 Å². The zero-order valence-electron chi connectivity index (χ0n) is 31.0. The van der Waals surface area contributed by atoms with E-state index in [0.29, 0.717) is 66.7 Å². The average molecular weight is 918 g/mol. The van der Waals surface area contributed by atoms with Crippen LogP contribution in [-0.2, 0) is 37.1 Å². The summed E-state index contributed by atoms with van der Waals surface area (Å²) in [5.41, 5.74) is -16.2. The molecule has 3 nitrogen and oxygen atoms in total. The summed E-state index contributed by atoms with van der Waals surface area (Å²) in [4.78, 5) is 0. The molecular weight excluding hydrogens is 900 g/mol. The Labute approximate surface area is 344 Å². The Bertz CT molecular complexity index is 3080. The highest BCUT2D eigenvalue weighted by Crippen LogP contribution is 2.49. The van der Waals surface area contributed by atoms with Crippen molar-refractivity contribution >= 4 is 43.6 Å². The summed E-state index contributed by atoms with van der Waals surface area (Å²) in [6.07, 6.45) is -31.6. The minimum atomic E-state index is -5.57. The van der Waals surface area contributed by atoms with Gasteiger partial charge in [0.1, 0.15) is 0 Å². The molecule has 21 heteroatoms. The van der Waals surface area contributed by atoms with Gasteiger partial charge < -0.3 is 9.13 Å². The molecule has 0 spiro atoms. The lowest BCUT2D eigenvalue weighted by atomic mass is 9.89. The number of rotatable bonds is 3. The number of nitriles is 1. The highest BCUT2D eigenvalue weighted by Gasteiger charge is 2.43. The summed E-state index contributed by atoms with van der Waals surface area (Å²) in [5, 5.41) is 8.18. The quantitative estimate of drug-likeness (QED) is 0.163. The molecule has 8 rings (SSSR count). The lowest BCUT2D eigenvalue weighted by molar-refractivity contribution is -0.142. The zero-order valence-corrected chi connectivity index (χ0v) is 31.0. The van der Waals surface area contributed by atoms with Crippen molar-refractivity contribution in [3.63, 3.8) is 0 Å². The molecule has 0 aliphatic carbocycles. The lowest BCUT2D eigenvalue weighted by Gasteiger charge is -2.23. The molecule has 0 aliphatic rings. The number of benzene rings is 6. The third-order valence-corrected chi connectivity index (χ3v) is 10.5. The molecule has 8 aromatic rings. The third-order valence-electron chi connectivity index (χ3n) is 10.5. The fourth-order valence-electron chi connectivity index (χ4n) is 7.82. The minimum Gasteiger partial charge on any atom is -0.307 e. The lowest BCUT2D eigenvalue weighted by Crippen LogP contribution is -2.15. The number of alkyl halides is 18.